The molecule has 9 aromatic carbocycles. The molecule has 0 saturated heterocycles. The first-order valence-electron chi connectivity index (χ1n) is 21.0. The maximum Gasteiger partial charge on any atom is 0.0714 e. The highest BCUT2D eigenvalue weighted by atomic mass is 15.1. The van der Waals surface area contributed by atoms with E-state index in [0.29, 0.717) is 5.92 Å². The summed E-state index contributed by atoms with van der Waals surface area (Å²) in [5.41, 5.74) is 15.0. The zero-order valence-electron chi connectivity index (χ0n) is 32.7. The molecule has 0 N–H and O–H groups in total. The highest BCUT2D eigenvalue weighted by Crippen LogP contribution is 2.60. The summed E-state index contributed by atoms with van der Waals surface area (Å²) < 4.78 is 0. The fourth-order valence-electron chi connectivity index (χ4n) is 10.6. The standard InChI is InChI=1S/C57H45N/c1-5-19-41(20-6-1)49-32-18-33-51-56(49)50-37-36-46(39-52(50)57(51,44-26-9-3-10-27-44)45-28-11-4-12-29-45)58(53-34-17-25-40-21-13-15-30-47(40)53)54-38-35-42-22-14-16-31-48(42)55(54)43-23-7-2-8-24-43/h2-4,7-18,21-39,41H,1,5-6,19-20H2. The minimum atomic E-state index is -0.510. The SMILES string of the molecule is c1ccc(-c2c(N(c3ccc4c(c3)C(c3ccccc3)(c3ccccc3)c3cccc(C5CCCCC5)c3-4)c3cccc4ccccc34)ccc3ccccc23)cc1. The molecule has 0 aromatic heterocycles. The summed E-state index contributed by atoms with van der Waals surface area (Å²) in [6.45, 7) is 0. The van der Waals surface area contributed by atoms with Crippen LogP contribution in [0.25, 0.3) is 43.8 Å². The van der Waals surface area contributed by atoms with Crippen molar-refractivity contribution in [2.24, 2.45) is 0 Å². The third kappa shape index (κ3) is 5.45. The summed E-state index contributed by atoms with van der Waals surface area (Å²) in [6, 6.07) is 77.2. The van der Waals surface area contributed by atoms with Crippen LogP contribution in [0.4, 0.5) is 17.1 Å². The molecule has 1 saturated carbocycles. The Hall–Kier alpha value is -6.70. The molecule has 9 aromatic rings. The molecule has 1 heteroatoms. The van der Waals surface area contributed by atoms with Crippen molar-refractivity contribution in [3.05, 3.63) is 234 Å². The summed E-state index contributed by atoms with van der Waals surface area (Å²) in [7, 11) is 0. The summed E-state index contributed by atoms with van der Waals surface area (Å²) >= 11 is 0. The number of rotatable bonds is 7. The predicted molar refractivity (Wildman–Crippen MR) is 245 cm³/mol. The van der Waals surface area contributed by atoms with Gasteiger partial charge in [0.25, 0.3) is 0 Å². The van der Waals surface area contributed by atoms with E-state index < -0.39 is 5.41 Å². The van der Waals surface area contributed by atoms with E-state index in [-0.39, 0.29) is 0 Å². The first kappa shape index (κ1) is 34.5. The van der Waals surface area contributed by atoms with Gasteiger partial charge in [-0.25, -0.2) is 0 Å². The van der Waals surface area contributed by atoms with Crippen LogP contribution in [-0.2, 0) is 5.41 Å². The topological polar surface area (TPSA) is 3.24 Å². The van der Waals surface area contributed by atoms with Crippen molar-refractivity contribution in [1.82, 2.24) is 0 Å². The quantitative estimate of drug-likeness (QED) is 0.157. The Bertz CT molecular complexity index is 2880. The van der Waals surface area contributed by atoms with Crippen LogP contribution in [-0.4, -0.2) is 0 Å². The first-order valence-corrected chi connectivity index (χ1v) is 21.0. The van der Waals surface area contributed by atoms with Crippen molar-refractivity contribution in [2.45, 2.75) is 43.4 Å². The van der Waals surface area contributed by atoms with Gasteiger partial charge in [0.1, 0.15) is 0 Å². The number of benzene rings is 9. The van der Waals surface area contributed by atoms with E-state index in [2.05, 4.69) is 211 Å². The summed E-state index contributed by atoms with van der Waals surface area (Å²) in [5.74, 6) is 0.566. The minimum Gasteiger partial charge on any atom is -0.309 e. The fourth-order valence-corrected chi connectivity index (χ4v) is 10.6. The fraction of sp³-hybridized carbons (Fsp3) is 0.123. The zero-order valence-corrected chi connectivity index (χ0v) is 32.7. The van der Waals surface area contributed by atoms with Crippen molar-refractivity contribution >= 4 is 38.6 Å². The third-order valence-corrected chi connectivity index (χ3v) is 13.1. The second-order valence-corrected chi connectivity index (χ2v) is 16.2. The van der Waals surface area contributed by atoms with Crippen molar-refractivity contribution in [2.75, 3.05) is 4.90 Å². The van der Waals surface area contributed by atoms with E-state index in [1.165, 1.54) is 104 Å². The molecule has 0 aliphatic heterocycles. The lowest BCUT2D eigenvalue weighted by Gasteiger charge is -2.35. The first-order chi connectivity index (χ1) is 28.8. The summed E-state index contributed by atoms with van der Waals surface area (Å²) in [4.78, 5) is 2.54. The van der Waals surface area contributed by atoms with Gasteiger partial charge in [-0.05, 0) is 104 Å². The van der Waals surface area contributed by atoms with Gasteiger partial charge in [0.05, 0.1) is 16.8 Å². The van der Waals surface area contributed by atoms with Crippen LogP contribution in [0.2, 0.25) is 0 Å². The molecule has 0 atom stereocenters. The molecule has 0 radical (unpaired) electrons. The van der Waals surface area contributed by atoms with Crippen LogP contribution in [0.1, 0.15) is 65.8 Å². The largest absolute Gasteiger partial charge is 0.309 e. The summed E-state index contributed by atoms with van der Waals surface area (Å²) in [6.07, 6.45) is 6.46. The van der Waals surface area contributed by atoms with Crippen LogP contribution < -0.4 is 4.90 Å². The Kier molecular flexibility index (Phi) is 8.55. The monoisotopic (exact) mass is 743 g/mol. The van der Waals surface area contributed by atoms with E-state index in [1.54, 1.807) is 0 Å². The van der Waals surface area contributed by atoms with E-state index in [1.807, 2.05) is 0 Å². The number of nitrogens with zero attached hydrogens (tertiary/aromatic N) is 1. The minimum absolute atomic E-state index is 0.510. The van der Waals surface area contributed by atoms with Gasteiger partial charge in [-0.15, -0.1) is 0 Å². The predicted octanol–water partition coefficient (Wildman–Crippen LogP) is 15.5. The average molecular weight is 744 g/mol. The average Bonchev–Trinajstić information content (AvgIpc) is 3.61. The number of fused-ring (bicyclic) bond motifs is 5. The van der Waals surface area contributed by atoms with Crippen molar-refractivity contribution in [3.63, 3.8) is 0 Å². The second-order valence-electron chi connectivity index (χ2n) is 16.2. The zero-order chi connectivity index (χ0) is 38.5. The Morgan fingerprint density at radius 3 is 1.74 bits per heavy atom. The van der Waals surface area contributed by atoms with E-state index in [4.69, 9.17) is 0 Å². The molecule has 58 heavy (non-hydrogen) atoms. The Morgan fingerprint density at radius 2 is 1.02 bits per heavy atom. The van der Waals surface area contributed by atoms with Gasteiger partial charge in [-0.3, -0.25) is 0 Å². The van der Waals surface area contributed by atoms with Crippen LogP contribution in [0, 0.1) is 0 Å². The number of hydrogen-bond acceptors (Lipinski definition) is 1. The molecular weight excluding hydrogens is 699 g/mol. The lowest BCUT2D eigenvalue weighted by molar-refractivity contribution is 0.444. The maximum atomic E-state index is 2.55. The molecule has 0 bridgehead atoms. The Morgan fingerprint density at radius 1 is 0.414 bits per heavy atom. The smallest absolute Gasteiger partial charge is 0.0714 e. The van der Waals surface area contributed by atoms with Gasteiger partial charge in [0.15, 0.2) is 0 Å². The Labute approximate surface area is 341 Å². The molecule has 0 heterocycles. The van der Waals surface area contributed by atoms with Crippen molar-refractivity contribution in [3.8, 4) is 22.3 Å². The normalized spacial score (nSPS) is 14.6. The molecule has 1 fully saturated rings. The molecule has 0 unspecified atom stereocenters. The highest BCUT2D eigenvalue weighted by molar-refractivity contribution is 6.08. The van der Waals surface area contributed by atoms with Gasteiger partial charge >= 0.3 is 0 Å². The highest BCUT2D eigenvalue weighted by Gasteiger charge is 2.47. The molecule has 1 nitrogen and oxygen atoms in total. The molecule has 2 aliphatic carbocycles. The van der Waals surface area contributed by atoms with Gasteiger partial charge in [0, 0.05) is 16.6 Å². The summed E-state index contributed by atoms with van der Waals surface area (Å²) in [5, 5.41) is 4.92. The molecule has 11 rings (SSSR count). The van der Waals surface area contributed by atoms with Crippen molar-refractivity contribution < 1.29 is 0 Å². The van der Waals surface area contributed by atoms with Crippen LogP contribution in [0.3, 0.4) is 0 Å². The van der Waals surface area contributed by atoms with Crippen LogP contribution in [0.15, 0.2) is 206 Å². The van der Waals surface area contributed by atoms with Gasteiger partial charge in [-0.1, -0.05) is 201 Å². The lowest BCUT2D eigenvalue weighted by atomic mass is 9.67. The third-order valence-electron chi connectivity index (χ3n) is 13.1. The molecule has 2 aliphatic rings. The van der Waals surface area contributed by atoms with Crippen LogP contribution >= 0.6 is 0 Å². The van der Waals surface area contributed by atoms with Gasteiger partial charge in [-0.2, -0.15) is 0 Å². The van der Waals surface area contributed by atoms with E-state index in [0.717, 1.165) is 17.1 Å². The Balaban J connectivity index is 1.25. The van der Waals surface area contributed by atoms with E-state index in [9.17, 15) is 0 Å². The lowest BCUT2D eigenvalue weighted by Crippen LogP contribution is -2.29. The molecule has 0 amide bonds. The van der Waals surface area contributed by atoms with Gasteiger partial charge < -0.3 is 4.90 Å². The van der Waals surface area contributed by atoms with E-state index >= 15 is 0 Å². The molecule has 0 spiro atoms. The second kappa shape index (κ2) is 14.4. The van der Waals surface area contributed by atoms with Crippen molar-refractivity contribution in [1.29, 1.82) is 0 Å². The van der Waals surface area contributed by atoms with Crippen LogP contribution in [0.5, 0.6) is 0 Å². The maximum absolute atomic E-state index is 2.55. The number of hydrogen-bond donors (Lipinski definition) is 0. The molecular formula is C57H45N. The van der Waals surface area contributed by atoms with Gasteiger partial charge in [0.2, 0.25) is 0 Å². The number of anilines is 3. The molecule has 278 valence electrons.